The fourth-order valence-electron chi connectivity index (χ4n) is 2.60. The molecule has 0 saturated carbocycles. The van der Waals surface area contributed by atoms with Gasteiger partial charge >= 0.3 is 0 Å². The van der Waals surface area contributed by atoms with Crippen LogP contribution in [0.15, 0.2) is 48.5 Å². The lowest BCUT2D eigenvalue weighted by molar-refractivity contribution is -0.130. The van der Waals surface area contributed by atoms with Crippen molar-refractivity contribution in [2.75, 3.05) is 18.4 Å². The highest BCUT2D eigenvalue weighted by molar-refractivity contribution is 5.98. The van der Waals surface area contributed by atoms with Crippen LogP contribution in [0, 0.1) is 0 Å². The Bertz CT molecular complexity index is 837. The maximum atomic E-state index is 12.2. The Labute approximate surface area is 168 Å². The van der Waals surface area contributed by atoms with E-state index >= 15 is 0 Å². The van der Waals surface area contributed by atoms with Crippen LogP contribution in [0.5, 0.6) is 0 Å². The molecular weight excluding hydrogens is 374 g/mol. The summed E-state index contributed by atoms with van der Waals surface area (Å²) in [6.45, 7) is 0.327. The second-order valence-corrected chi connectivity index (χ2v) is 6.33. The molecule has 9 nitrogen and oxygen atoms in total. The molecule has 0 aromatic heterocycles. The minimum atomic E-state index is -1.03. The molecule has 0 aliphatic carbocycles. The average Bonchev–Trinajstić information content (AvgIpc) is 2.76. The maximum absolute atomic E-state index is 12.2. The fourth-order valence-corrected chi connectivity index (χ4v) is 2.60. The monoisotopic (exact) mass is 399 g/mol. The Hall–Kier alpha value is -3.27. The van der Waals surface area contributed by atoms with E-state index in [0.717, 1.165) is 11.1 Å². The Morgan fingerprint density at radius 2 is 1.52 bits per heavy atom. The molecule has 0 unspecified atom stereocenters. The van der Waals surface area contributed by atoms with Crippen molar-refractivity contribution in [1.82, 2.24) is 10.8 Å². The minimum Gasteiger partial charge on any atom is -0.339 e. The van der Waals surface area contributed by atoms with Crippen molar-refractivity contribution in [3.05, 3.63) is 54.1 Å². The summed E-state index contributed by atoms with van der Waals surface area (Å²) in [6, 6.07) is 13.1. The highest BCUT2D eigenvalue weighted by atomic mass is 16.5. The van der Waals surface area contributed by atoms with Crippen LogP contribution in [-0.2, 0) is 9.59 Å². The summed E-state index contributed by atoms with van der Waals surface area (Å²) in [5.41, 5.74) is 15.1. The molecule has 2 rings (SSSR count). The molecule has 154 valence electrons. The van der Waals surface area contributed by atoms with Crippen LogP contribution in [0.4, 0.5) is 5.69 Å². The van der Waals surface area contributed by atoms with Gasteiger partial charge < -0.3 is 22.1 Å². The molecule has 0 bridgehead atoms. The van der Waals surface area contributed by atoms with E-state index in [9.17, 15) is 14.4 Å². The number of amides is 3. The first-order valence-corrected chi connectivity index (χ1v) is 9.13. The van der Waals surface area contributed by atoms with Gasteiger partial charge in [0.2, 0.25) is 5.91 Å². The van der Waals surface area contributed by atoms with Gasteiger partial charge in [0.25, 0.3) is 11.8 Å². The fraction of sp³-hybridized carbons (Fsp3) is 0.250. The van der Waals surface area contributed by atoms with Crippen LogP contribution in [0.3, 0.4) is 0 Å². The molecule has 2 aromatic rings. The molecule has 29 heavy (non-hydrogen) atoms. The third kappa shape index (κ3) is 6.39. The number of hydrogen-bond donors (Lipinski definition) is 6. The highest BCUT2D eigenvalue weighted by Crippen LogP contribution is 2.22. The second-order valence-electron chi connectivity index (χ2n) is 6.33. The van der Waals surface area contributed by atoms with Crippen LogP contribution in [0.2, 0.25) is 0 Å². The lowest BCUT2D eigenvalue weighted by Crippen LogP contribution is -2.50. The van der Waals surface area contributed by atoms with Crippen molar-refractivity contribution in [3.8, 4) is 11.1 Å². The van der Waals surface area contributed by atoms with Crippen molar-refractivity contribution >= 4 is 23.4 Å². The van der Waals surface area contributed by atoms with Gasteiger partial charge in [-0.2, -0.15) is 0 Å². The first-order chi connectivity index (χ1) is 14.0. The summed E-state index contributed by atoms with van der Waals surface area (Å²) in [6.07, 6.45) is 1.02. The molecule has 0 spiro atoms. The van der Waals surface area contributed by atoms with Crippen LogP contribution >= 0.6 is 0 Å². The van der Waals surface area contributed by atoms with Crippen LogP contribution in [-0.4, -0.2) is 42.1 Å². The van der Waals surface area contributed by atoms with Gasteiger partial charge in [0.1, 0.15) is 6.04 Å². The zero-order valence-electron chi connectivity index (χ0n) is 15.9. The average molecular weight is 399 g/mol. The van der Waals surface area contributed by atoms with Gasteiger partial charge in [-0.3, -0.25) is 19.6 Å². The molecule has 2 aromatic carbocycles. The number of hydroxylamine groups is 1. The van der Waals surface area contributed by atoms with Crippen molar-refractivity contribution < 1.29 is 19.6 Å². The van der Waals surface area contributed by atoms with E-state index in [1.165, 1.54) is 5.48 Å². The summed E-state index contributed by atoms with van der Waals surface area (Å²) in [5.74, 6) is -1.34. The molecule has 0 aliphatic rings. The number of nitrogens with two attached hydrogens (primary N) is 2. The smallest absolute Gasteiger partial charge is 0.267 e. The molecular formula is C20H25N5O4. The summed E-state index contributed by atoms with van der Waals surface area (Å²) >= 11 is 0. The van der Waals surface area contributed by atoms with Crippen LogP contribution < -0.4 is 27.6 Å². The predicted molar refractivity (Wildman–Crippen MR) is 109 cm³/mol. The van der Waals surface area contributed by atoms with Crippen LogP contribution in [0.1, 0.15) is 23.2 Å². The first kappa shape index (κ1) is 22.0. The van der Waals surface area contributed by atoms with Crippen molar-refractivity contribution in [2.45, 2.75) is 18.9 Å². The lowest BCUT2D eigenvalue weighted by Gasteiger charge is -2.14. The largest absolute Gasteiger partial charge is 0.339 e. The van der Waals surface area contributed by atoms with Gasteiger partial charge in [0, 0.05) is 24.2 Å². The zero-order chi connectivity index (χ0) is 21.2. The molecule has 8 N–H and O–H groups in total. The molecule has 0 heterocycles. The zero-order valence-corrected chi connectivity index (χ0v) is 15.9. The van der Waals surface area contributed by atoms with Gasteiger partial charge in [-0.25, -0.2) is 5.48 Å². The van der Waals surface area contributed by atoms with Gasteiger partial charge in [0.15, 0.2) is 0 Å². The number of rotatable bonds is 9. The topological polar surface area (TPSA) is 160 Å². The van der Waals surface area contributed by atoms with Crippen LogP contribution in [0.25, 0.3) is 11.1 Å². The summed E-state index contributed by atoms with van der Waals surface area (Å²) in [4.78, 5) is 35.4. The number of carbonyl (C=O) groups excluding carboxylic acids is 3. The van der Waals surface area contributed by atoms with Gasteiger partial charge in [-0.15, -0.1) is 0 Å². The third-order valence-electron chi connectivity index (χ3n) is 4.22. The number of carbonyl (C=O) groups is 3. The minimum absolute atomic E-state index is 0.0794. The van der Waals surface area contributed by atoms with Gasteiger partial charge in [-0.05, 0) is 48.4 Å². The molecule has 0 aliphatic heterocycles. The van der Waals surface area contributed by atoms with E-state index in [4.69, 9.17) is 16.7 Å². The molecule has 0 fully saturated rings. The summed E-state index contributed by atoms with van der Waals surface area (Å²) in [7, 11) is 0. The Kier molecular flexibility index (Phi) is 8.28. The normalized spacial score (nSPS) is 11.4. The Balaban J connectivity index is 2.01. The van der Waals surface area contributed by atoms with Gasteiger partial charge in [-0.1, -0.05) is 24.3 Å². The summed E-state index contributed by atoms with van der Waals surface area (Å²) in [5, 5.41) is 13.9. The molecule has 3 amide bonds. The second kappa shape index (κ2) is 10.9. The highest BCUT2D eigenvalue weighted by Gasteiger charge is 2.19. The van der Waals surface area contributed by atoms with Crippen molar-refractivity contribution in [3.63, 3.8) is 0 Å². The predicted octanol–water partition coefficient (Wildman–Crippen LogP) is 0.594. The van der Waals surface area contributed by atoms with E-state index in [0.29, 0.717) is 30.6 Å². The maximum Gasteiger partial charge on any atom is 0.267 e. The standard InChI is InChI=1S/C20H25N5O4/c21-11-1-2-18(26)23-16-9-7-14(8-10-16)13-3-5-15(6-4-13)19(27)24-17(12-22)20(28)25-29/h3-10,17,29H,1-2,11-12,21-22H2,(H,23,26)(H,24,27)(H,25,28)/t17-/m0/s1. The van der Waals surface area contributed by atoms with E-state index < -0.39 is 17.9 Å². The Morgan fingerprint density at radius 3 is 2.03 bits per heavy atom. The molecule has 0 radical (unpaired) electrons. The lowest BCUT2D eigenvalue weighted by atomic mass is 10.0. The number of anilines is 1. The van der Waals surface area contributed by atoms with E-state index in [1.807, 2.05) is 12.1 Å². The van der Waals surface area contributed by atoms with Crippen molar-refractivity contribution in [1.29, 1.82) is 0 Å². The van der Waals surface area contributed by atoms with E-state index in [1.54, 1.807) is 36.4 Å². The number of hydrogen-bond acceptors (Lipinski definition) is 6. The third-order valence-corrected chi connectivity index (χ3v) is 4.22. The quantitative estimate of drug-likeness (QED) is 0.267. The molecule has 1 atom stereocenters. The number of benzene rings is 2. The SMILES string of the molecule is NCCCC(=O)Nc1ccc(-c2ccc(C(=O)N[C@@H](CN)C(=O)NO)cc2)cc1. The first-order valence-electron chi connectivity index (χ1n) is 9.13. The Morgan fingerprint density at radius 1 is 0.931 bits per heavy atom. The molecule has 0 saturated heterocycles. The van der Waals surface area contributed by atoms with E-state index in [-0.39, 0.29) is 12.5 Å². The van der Waals surface area contributed by atoms with E-state index in [2.05, 4.69) is 10.6 Å². The summed E-state index contributed by atoms with van der Waals surface area (Å²) < 4.78 is 0. The molecule has 9 heteroatoms. The van der Waals surface area contributed by atoms with Gasteiger partial charge in [0.05, 0.1) is 0 Å². The number of nitrogens with one attached hydrogen (secondary N) is 3. The van der Waals surface area contributed by atoms with Crippen molar-refractivity contribution in [2.24, 2.45) is 11.5 Å².